The third kappa shape index (κ3) is 28.0. The normalized spacial score (nSPS) is 12.5. The van der Waals surface area contributed by atoms with Gasteiger partial charge < -0.3 is 71.2 Å². The highest BCUT2D eigenvalue weighted by Crippen LogP contribution is 2.33. The van der Waals surface area contributed by atoms with Crippen LogP contribution in [0.3, 0.4) is 0 Å². The van der Waals surface area contributed by atoms with Gasteiger partial charge in [-0.25, -0.2) is 9.59 Å². The van der Waals surface area contributed by atoms with Crippen LogP contribution in [0, 0.1) is 0 Å². The number of aromatic carboxylic acids is 2. The van der Waals surface area contributed by atoms with Crippen molar-refractivity contribution in [3.63, 3.8) is 0 Å². The Morgan fingerprint density at radius 2 is 0.692 bits per heavy atom. The van der Waals surface area contributed by atoms with Gasteiger partial charge in [-0.05, 0) is 144 Å². The van der Waals surface area contributed by atoms with Crippen molar-refractivity contribution in [3.8, 4) is 0 Å². The molecule has 4 aliphatic heterocycles. The highest BCUT2D eigenvalue weighted by molar-refractivity contribution is 6.10. The topological polar surface area (TPSA) is 342 Å². The highest BCUT2D eigenvalue weighted by atomic mass is 16.6. The Morgan fingerprint density at radius 1 is 0.364 bits per heavy atom. The molecular formula is C84H97N9O14. The predicted octanol–water partition coefficient (Wildman–Crippen LogP) is 11.4. The van der Waals surface area contributed by atoms with Crippen molar-refractivity contribution >= 4 is 75.3 Å². The Kier molecular flexibility index (Phi) is 34.1. The molecule has 0 aliphatic carbocycles. The van der Waals surface area contributed by atoms with E-state index < -0.39 is 17.5 Å². The zero-order chi connectivity index (χ0) is 76.0. The Morgan fingerprint density at radius 3 is 1.09 bits per heavy atom. The highest BCUT2D eigenvalue weighted by Gasteiger charge is 2.22. The van der Waals surface area contributed by atoms with Crippen LogP contribution in [0.5, 0.6) is 0 Å². The van der Waals surface area contributed by atoms with Crippen molar-refractivity contribution < 1.29 is 67.3 Å². The number of carboxylic acids is 2. The molecule has 0 bridgehead atoms. The fraction of sp³-hybridized carbons (Fsp3) is 0.321. The van der Waals surface area contributed by atoms with Gasteiger partial charge in [0.1, 0.15) is 5.60 Å². The minimum absolute atomic E-state index is 0.103. The molecule has 2 amide bonds. The van der Waals surface area contributed by atoms with Crippen LogP contribution in [-0.2, 0) is 63.6 Å². The van der Waals surface area contributed by atoms with Crippen molar-refractivity contribution in [2.75, 3.05) is 112 Å². The maximum Gasteiger partial charge on any atom is 0.335 e. The summed E-state index contributed by atoms with van der Waals surface area (Å²) in [6.45, 7) is 14.2. The summed E-state index contributed by atoms with van der Waals surface area (Å²) < 4.78 is 36.8. The summed E-state index contributed by atoms with van der Waals surface area (Å²) in [5, 5.41) is 23.5. The average Bonchev–Trinajstić information content (AvgIpc) is 1.66. The minimum Gasteiger partial charge on any atom is -0.478 e. The van der Waals surface area contributed by atoms with Crippen molar-refractivity contribution in [1.29, 1.82) is 0 Å². The number of benzene rings is 8. The maximum atomic E-state index is 12.3. The van der Waals surface area contributed by atoms with Gasteiger partial charge in [-0.3, -0.25) is 34.4 Å². The fourth-order valence-corrected chi connectivity index (χ4v) is 11.1. The first kappa shape index (κ1) is 82.1. The summed E-state index contributed by atoms with van der Waals surface area (Å²) in [6.07, 6.45) is 4.14. The van der Waals surface area contributed by atoms with Crippen molar-refractivity contribution in [2.45, 2.75) is 64.9 Å². The third-order valence-electron chi connectivity index (χ3n) is 16.3. The molecule has 23 nitrogen and oxygen atoms in total. The first-order valence-corrected chi connectivity index (χ1v) is 35.8. The largest absolute Gasteiger partial charge is 0.478 e. The number of nitrogens with two attached hydrogens (primary N) is 3. The Bertz CT molecular complexity index is 4290. The SMILES string of the molecule is CC(C)(C)OC(=O)CCCOCCOCCN.NCCOCCOCCNC(=O)c1ccc(C2=Nc3ccccc3C2)cc1.NCCOCCOCCNC(=O)c1ccc2c(c1)CC(c1ccccc1)=N2.O=C(O)c1ccc(C2=Nc3ccccc3C2)cc1.O=C(O)c1ccc2c(c1)CC(c1ccccc1)=N2. The van der Waals surface area contributed by atoms with Gasteiger partial charge in [-0.1, -0.05) is 121 Å². The summed E-state index contributed by atoms with van der Waals surface area (Å²) in [5.41, 5.74) is 34.0. The number of hydrogen-bond acceptors (Lipinski definition) is 19. The molecule has 8 aromatic carbocycles. The monoisotopic (exact) mass is 1460 g/mol. The molecule has 0 unspecified atom stereocenters. The van der Waals surface area contributed by atoms with E-state index in [9.17, 15) is 24.0 Å². The quantitative estimate of drug-likeness (QED) is 0.0148. The molecule has 4 heterocycles. The van der Waals surface area contributed by atoms with E-state index in [1.54, 1.807) is 30.3 Å². The van der Waals surface area contributed by atoms with Gasteiger partial charge in [0.05, 0.1) is 129 Å². The van der Waals surface area contributed by atoms with Crippen LogP contribution in [0.25, 0.3) is 0 Å². The Labute approximate surface area is 625 Å². The minimum atomic E-state index is -0.904. The van der Waals surface area contributed by atoms with Crippen LogP contribution in [0.2, 0.25) is 0 Å². The average molecular weight is 1460 g/mol. The van der Waals surface area contributed by atoms with E-state index in [0.29, 0.717) is 154 Å². The van der Waals surface area contributed by atoms with Crippen molar-refractivity contribution in [3.05, 3.63) is 261 Å². The molecule has 107 heavy (non-hydrogen) atoms. The molecule has 8 aromatic rings. The predicted molar refractivity (Wildman–Crippen MR) is 417 cm³/mol. The standard InChI is InChI=1S/2C21H25N3O3.2C15H11NO2.C12H25NO4/c22-9-11-26-13-14-27-12-10-23-21(25)17-7-5-16(6-8-17)20-15-18-3-1-2-4-19(18)24-20;22-8-10-26-12-13-27-11-9-23-21(25)17-6-7-19-18(14-17)15-20(24-19)16-4-2-1-3-5-16;17-15(18)11-7-5-10(6-8-11)14-9-12-3-1-2-4-13(12)16-14;17-15(18)11-6-7-13-12(8-11)9-14(16-13)10-4-2-1-3-5-10;1-12(2,3)17-11(14)5-4-7-15-9-10-16-8-6-13/h1-8H,9-15,22H2,(H,23,25);1-7,14H,8-13,15,22H2,(H,23,25);2*1-8H,9H2,(H,17,18);4-10,13H2,1-3H3. The van der Waals surface area contributed by atoms with Crippen LogP contribution >= 0.6 is 0 Å². The second kappa shape index (κ2) is 44.4. The van der Waals surface area contributed by atoms with Crippen LogP contribution in [-0.4, -0.2) is 180 Å². The summed E-state index contributed by atoms with van der Waals surface area (Å²) in [4.78, 5) is 76.0. The number of carbonyl (C=O) groups is 5. The number of aliphatic imine (C=N–C) groups is 4. The summed E-state index contributed by atoms with van der Waals surface area (Å²) >= 11 is 0. The van der Waals surface area contributed by atoms with E-state index in [0.717, 1.165) is 98.2 Å². The number of ether oxygens (including phenoxy) is 7. The first-order valence-electron chi connectivity index (χ1n) is 35.8. The molecule has 0 radical (unpaired) electrons. The number of rotatable bonds is 33. The number of carbonyl (C=O) groups excluding carboxylic acids is 3. The van der Waals surface area contributed by atoms with Gasteiger partial charge in [-0.15, -0.1) is 0 Å². The lowest BCUT2D eigenvalue weighted by atomic mass is 10.0. The van der Waals surface area contributed by atoms with E-state index in [1.165, 1.54) is 11.1 Å². The molecule has 10 N–H and O–H groups in total. The van der Waals surface area contributed by atoms with E-state index in [-0.39, 0.29) is 17.8 Å². The lowest BCUT2D eigenvalue weighted by molar-refractivity contribution is -0.155. The first-order chi connectivity index (χ1) is 52.0. The second-order valence-electron chi connectivity index (χ2n) is 25.6. The van der Waals surface area contributed by atoms with Gasteiger partial charge in [0.15, 0.2) is 0 Å². The lowest BCUT2D eigenvalue weighted by Crippen LogP contribution is -2.27. The number of hydrogen-bond donors (Lipinski definition) is 7. The molecule has 23 heteroatoms. The van der Waals surface area contributed by atoms with E-state index in [4.69, 9.17) is 60.6 Å². The van der Waals surface area contributed by atoms with Crippen LogP contribution in [0.15, 0.2) is 214 Å². The number of esters is 1. The number of fused-ring (bicyclic) bond motifs is 4. The molecule has 0 aromatic heterocycles. The van der Waals surface area contributed by atoms with Gasteiger partial charge in [0.2, 0.25) is 0 Å². The van der Waals surface area contributed by atoms with Crippen LogP contribution < -0.4 is 27.8 Å². The zero-order valence-electron chi connectivity index (χ0n) is 61.1. The Balaban J connectivity index is 0.000000171. The number of para-hydroxylation sites is 2. The molecule has 12 rings (SSSR count). The van der Waals surface area contributed by atoms with Gasteiger partial charge in [0, 0.05) is 82.6 Å². The Hall–Kier alpha value is -10.6. The van der Waals surface area contributed by atoms with E-state index >= 15 is 0 Å². The molecule has 0 spiro atoms. The second-order valence-corrected chi connectivity index (χ2v) is 25.6. The van der Waals surface area contributed by atoms with Gasteiger partial charge in [-0.2, -0.15) is 0 Å². The number of nitrogens with zero attached hydrogens (tertiary/aromatic N) is 4. The molecule has 0 fully saturated rings. The molecule has 0 saturated heterocycles. The summed E-state index contributed by atoms with van der Waals surface area (Å²) in [5.74, 6) is -2.19. The molecule has 562 valence electrons. The maximum absolute atomic E-state index is 12.3. The molecule has 0 atom stereocenters. The summed E-state index contributed by atoms with van der Waals surface area (Å²) in [7, 11) is 0. The molecular weight excluding hydrogens is 1360 g/mol. The number of carboxylic acid groups (broad SMARTS) is 2. The van der Waals surface area contributed by atoms with Crippen LogP contribution in [0.1, 0.15) is 120 Å². The number of nitrogens with one attached hydrogen (secondary N) is 2. The number of amides is 2. The lowest BCUT2D eigenvalue weighted by Gasteiger charge is -2.19. The fourth-order valence-electron chi connectivity index (χ4n) is 11.1. The molecule has 4 aliphatic rings. The molecule has 0 saturated carbocycles. The summed E-state index contributed by atoms with van der Waals surface area (Å²) in [6, 6.07) is 61.4. The van der Waals surface area contributed by atoms with E-state index in [2.05, 4.69) is 54.9 Å². The van der Waals surface area contributed by atoms with Crippen molar-refractivity contribution in [2.24, 2.45) is 37.2 Å². The third-order valence-corrected chi connectivity index (χ3v) is 16.3. The van der Waals surface area contributed by atoms with E-state index in [1.807, 2.05) is 160 Å². The van der Waals surface area contributed by atoms with Gasteiger partial charge >= 0.3 is 17.9 Å². The zero-order valence-corrected chi connectivity index (χ0v) is 61.1. The van der Waals surface area contributed by atoms with Gasteiger partial charge in [0.25, 0.3) is 11.8 Å². The smallest absolute Gasteiger partial charge is 0.335 e. The van der Waals surface area contributed by atoms with Crippen molar-refractivity contribution in [1.82, 2.24) is 10.6 Å². The van der Waals surface area contributed by atoms with Crippen LogP contribution in [0.4, 0.5) is 22.7 Å².